The van der Waals surface area contributed by atoms with E-state index in [9.17, 15) is 0 Å². The standard InChI is InChI=1S/C15H18/c1-5-13-8-14-11(3)6-10(2)7-12(4)15(14)9-13/h6-9H,5H2,1-4H3. The third-order valence-corrected chi connectivity index (χ3v) is 3.10. The third-order valence-electron chi connectivity index (χ3n) is 3.10. The van der Waals surface area contributed by atoms with Crippen LogP contribution in [-0.4, -0.2) is 0 Å². The molecule has 0 saturated heterocycles. The fraction of sp³-hybridized carbons (Fsp3) is 0.333. The van der Waals surface area contributed by atoms with Crippen LogP contribution in [0.25, 0.3) is 11.1 Å². The van der Waals surface area contributed by atoms with Gasteiger partial charge in [0.25, 0.3) is 0 Å². The van der Waals surface area contributed by atoms with Gasteiger partial charge in [-0.25, -0.2) is 0 Å². The van der Waals surface area contributed by atoms with Crippen LogP contribution in [0, 0.1) is 20.8 Å². The van der Waals surface area contributed by atoms with Gasteiger partial charge in [-0.1, -0.05) is 36.8 Å². The predicted molar refractivity (Wildman–Crippen MR) is 66.7 cm³/mol. The minimum Gasteiger partial charge on any atom is -0.0613 e. The Hall–Kier alpha value is -1.30. The van der Waals surface area contributed by atoms with Crippen LogP contribution in [0.15, 0.2) is 24.3 Å². The van der Waals surface area contributed by atoms with Crippen molar-refractivity contribution in [3.05, 3.63) is 46.5 Å². The van der Waals surface area contributed by atoms with Crippen molar-refractivity contribution >= 4 is 0 Å². The summed E-state index contributed by atoms with van der Waals surface area (Å²) in [6, 6.07) is 9.21. The first-order chi connectivity index (χ1) is 7.11. The van der Waals surface area contributed by atoms with Gasteiger partial charge in [0.15, 0.2) is 0 Å². The molecule has 0 aromatic carbocycles. The number of rotatable bonds is 1. The van der Waals surface area contributed by atoms with E-state index in [1.165, 1.54) is 33.4 Å². The van der Waals surface area contributed by atoms with E-state index in [1.54, 1.807) is 0 Å². The molecule has 0 N–H and O–H groups in total. The maximum Gasteiger partial charge on any atom is -0.0149 e. The Kier molecular flexibility index (Phi) is 2.52. The molecule has 0 aliphatic heterocycles. The van der Waals surface area contributed by atoms with E-state index in [1.807, 2.05) is 0 Å². The first-order valence-corrected chi connectivity index (χ1v) is 5.62. The maximum atomic E-state index is 2.33. The van der Waals surface area contributed by atoms with Crippen LogP contribution in [0.1, 0.15) is 29.2 Å². The van der Waals surface area contributed by atoms with Crippen molar-refractivity contribution in [2.45, 2.75) is 34.1 Å². The predicted octanol–water partition coefficient (Wildman–Crippen LogP) is 4.28. The lowest BCUT2D eigenvalue weighted by Crippen LogP contribution is -1.75. The second kappa shape index (κ2) is 3.69. The monoisotopic (exact) mass is 198 g/mol. The summed E-state index contributed by atoms with van der Waals surface area (Å²) in [5, 5.41) is 0. The van der Waals surface area contributed by atoms with Crippen LogP contribution in [0.5, 0.6) is 0 Å². The first-order valence-electron chi connectivity index (χ1n) is 5.62. The molecule has 0 heteroatoms. The largest absolute Gasteiger partial charge is 0.0613 e. The van der Waals surface area contributed by atoms with Crippen molar-refractivity contribution in [2.24, 2.45) is 0 Å². The number of hydrogen-bond donors (Lipinski definition) is 0. The van der Waals surface area contributed by atoms with Gasteiger partial charge in [-0.15, -0.1) is 0 Å². The van der Waals surface area contributed by atoms with E-state index in [2.05, 4.69) is 52.0 Å². The summed E-state index contributed by atoms with van der Waals surface area (Å²) in [5.41, 5.74) is 8.39. The molecule has 0 nitrogen and oxygen atoms in total. The summed E-state index contributed by atoms with van der Waals surface area (Å²) in [7, 11) is 0. The highest BCUT2D eigenvalue weighted by molar-refractivity contribution is 5.74. The van der Waals surface area contributed by atoms with Gasteiger partial charge in [0.05, 0.1) is 0 Å². The minimum absolute atomic E-state index is 1.12. The van der Waals surface area contributed by atoms with Crippen molar-refractivity contribution in [2.75, 3.05) is 0 Å². The second-order valence-electron chi connectivity index (χ2n) is 4.44. The second-order valence-corrected chi connectivity index (χ2v) is 4.44. The molecule has 0 fully saturated rings. The Morgan fingerprint density at radius 2 is 1.27 bits per heavy atom. The summed E-state index contributed by atoms with van der Waals surface area (Å²) >= 11 is 0. The summed E-state index contributed by atoms with van der Waals surface area (Å²) in [4.78, 5) is 0. The molecule has 0 radical (unpaired) electrons. The molecule has 0 atom stereocenters. The lowest BCUT2D eigenvalue weighted by molar-refractivity contribution is 1.15. The van der Waals surface area contributed by atoms with Crippen molar-refractivity contribution in [3.8, 4) is 11.1 Å². The van der Waals surface area contributed by atoms with E-state index >= 15 is 0 Å². The fourth-order valence-corrected chi connectivity index (χ4v) is 2.30. The van der Waals surface area contributed by atoms with Crippen molar-refractivity contribution in [3.63, 3.8) is 0 Å². The molecular formula is C15H18. The molecule has 0 unspecified atom stereocenters. The quantitative estimate of drug-likeness (QED) is 0.641. The van der Waals surface area contributed by atoms with Crippen LogP contribution < -0.4 is 0 Å². The van der Waals surface area contributed by atoms with E-state index in [0.717, 1.165) is 6.42 Å². The maximum absolute atomic E-state index is 2.33. The Morgan fingerprint density at radius 3 is 1.67 bits per heavy atom. The molecule has 0 heterocycles. The van der Waals surface area contributed by atoms with Crippen LogP contribution in [0.2, 0.25) is 0 Å². The van der Waals surface area contributed by atoms with Crippen molar-refractivity contribution in [1.29, 1.82) is 0 Å². The van der Waals surface area contributed by atoms with E-state index in [-0.39, 0.29) is 0 Å². The Balaban J connectivity index is 2.78. The zero-order chi connectivity index (χ0) is 11.0. The van der Waals surface area contributed by atoms with E-state index < -0.39 is 0 Å². The van der Waals surface area contributed by atoms with E-state index in [4.69, 9.17) is 0 Å². The summed E-state index contributed by atoms with van der Waals surface area (Å²) in [6.07, 6.45) is 1.12. The van der Waals surface area contributed by atoms with Crippen LogP contribution in [0.3, 0.4) is 0 Å². The van der Waals surface area contributed by atoms with Gasteiger partial charge in [0.1, 0.15) is 0 Å². The first kappa shape index (κ1) is 10.2. The minimum atomic E-state index is 1.12. The fourth-order valence-electron chi connectivity index (χ4n) is 2.30. The lowest BCUT2D eigenvalue weighted by Gasteiger charge is -1.98. The highest BCUT2D eigenvalue weighted by Gasteiger charge is 2.10. The zero-order valence-corrected chi connectivity index (χ0v) is 10.0. The molecule has 2 rings (SSSR count). The molecule has 0 spiro atoms. The molecule has 2 aliphatic carbocycles. The van der Waals surface area contributed by atoms with Gasteiger partial charge in [-0.3, -0.25) is 0 Å². The molecule has 0 aromatic rings. The Morgan fingerprint density at radius 1 is 0.800 bits per heavy atom. The molecule has 0 saturated carbocycles. The van der Waals surface area contributed by atoms with Crippen LogP contribution in [-0.2, 0) is 6.42 Å². The molecule has 2 aliphatic rings. The Bertz CT molecular complexity index is 426. The topological polar surface area (TPSA) is 0 Å². The SMILES string of the molecule is CCc1cc2c(C)cc(C)cc(C)c-2c1. The summed E-state index contributed by atoms with van der Waals surface area (Å²) < 4.78 is 0. The molecular weight excluding hydrogens is 180 g/mol. The van der Waals surface area contributed by atoms with Crippen molar-refractivity contribution in [1.82, 2.24) is 0 Å². The van der Waals surface area contributed by atoms with Crippen LogP contribution in [0.4, 0.5) is 0 Å². The van der Waals surface area contributed by atoms with Gasteiger partial charge >= 0.3 is 0 Å². The van der Waals surface area contributed by atoms with Gasteiger partial charge in [-0.05, 0) is 55.0 Å². The molecule has 0 bridgehead atoms. The highest BCUT2D eigenvalue weighted by atomic mass is 14.1. The molecule has 15 heavy (non-hydrogen) atoms. The summed E-state index contributed by atoms with van der Waals surface area (Å²) in [6.45, 7) is 8.78. The van der Waals surface area contributed by atoms with Gasteiger partial charge in [-0.2, -0.15) is 0 Å². The number of fused-ring (bicyclic) bond motifs is 1. The number of aryl methyl sites for hydroxylation is 4. The smallest absolute Gasteiger partial charge is 0.0149 e. The van der Waals surface area contributed by atoms with Crippen molar-refractivity contribution < 1.29 is 0 Å². The molecule has 0 amide bonds. The third kappa shape index (κ3) is 1.77. The zero-order valence-electron chi connectivity index (χ0n) is 10.0. The average Bonchev–Trinajstić information content (AvgIpc) is 2.57. The Labute approximate surface area is 92.3 Å². The highest BCUT2D eigenvalue weighted by Crippen LogP contribution is 2.32. The van der Waals surface area contributed by atoms with Crippen LogP contribution >= 0.6 is 0 Å². The van der Waals surface area contributed by atoms with Gasteiger partial charge in [0.2, 0.25) is 0 Å². The van der Waals surface area contributed by atoms with Gasteiger partial charge in [0, 0.05) is 0 Å². The lowest BCUT2D eigenvalue weighted by atomic mass is 10.1. The van der Waals surface area contributed by atoms with Gasteiger partial charge < -0.3 is 0 Å². The summed E-state index contributed by atoms with van der Waals surface area (Å²) in [5.74, 6) is 0. The molecule has 78 valence electrons. The normalized spacial score (nSPS) is 10.9. The molecule has 0 aromatic heterocycles. The average molecular weight is 198 g/mol. The number of hydrogen-bond acceptors (Lipinski definition) is 0. The van der Waals surface area contributed by atoms with E-state index in [0.29, 0.717) is 0 Å².